The van der Waals surface area contributed by atoms with Crippen molar-refractivity contribution in [3.63, 3.8) is 0 Å². The molecule has 12 nitrogen and oxygen atoms in total. The molecule has 332 valence electrons. The van der Waals surface area contributed by atoms with Gasteiger partial charge >= 0.3 is 46.7 Å². The summed E-state index contributed by atoms with van der Waals surface area (Å²) in [6.07, 6.45) is 13.8. The van der Waals surface area contributed by atoms with E-state index in [1.165, 1.54) is 17.3 Å². The molecule has 0 radical (unpaired) electrons. The van der Waals surface area contributed by atoms with Crippen molar-refractivity contribution >= 4 is 78.3 Å². The molecule has 3 atom stereocenters. The summed E-state index contributed by atoms with van der Waals surface area (Å²) in [7, 11) is 0. The quantitative estimate of drug-likeness (QED) is 0.0314. The number of rotatable bonds is 35. The third kappa shape index (κ3) is 48.4. The molecule has 0 saturated carbocycles. The van der Waals surface area contributed by atoms with Gasteiger partial charge in [-0.2, -0.15) is 37.9 Å². The van der Waals surface area contributed by atoms with Crippen molar-refractivity contribution < 1.29 is 58.1 Å². The van der Waals surface area contributed by atoms with Gasteiger partial charge in [0.2, 0.25) is 0 Å². The second-order valence-corrected chi connectivity index (χ2v) is 16.2. The van der Waals surface area contributed by atoms with Crippen molar-refractivity contribution in [1.82, 2.24) is 0 Å². The van der Waals surface area contributed by atoms with E-state index in [0.717, 1.165) is 77.0 Å². The van der Waals surface area contributed by atoms with Crippen LogP contribution in [0, 0.1) is 0 Å². The van der Waals surface area contributed by atoms with Crippen molar-refractivity contribution in [3.05, 3.63) is 0 Å². The summed E-state index contributed by atoms with van der Waals surface area (Å²) in [6.45, 7) is 18.1. The Morgan fingerprint density at radius 3 is 0.696 bits per heavy atom. The van der Waals surface area contributed by atoms with Gasteiger partial charge < -0.3 is 58.1 Å². The van der Waals surface area contributed by atoms with Crippen LogP contribution in [0.25, 0.3) is 0 Å². The SMILES string of the molecule is CCCCOC(CC(S)C(=O)[O-])OCCCC.CCCCOC(CC(S)C(=O)[O-])OCCCC.CCCCOC(CC(S)C(=O)[O-])OCCCC.CCC[CH2][Sn+3]. The number of carbonyl (C=O) groups excluding carboxylic acids is 3. The van der Waals surface area contributed by atoms with E-state index in [1.54, 1.807) is 22.5 Å². The Hall–Kier alpha value is 0.0187. The summed E-state index contributed by atoms with van der Waals surface area (Å²) < 4.78 is 34.4. The topological polar surface area (TPSA) is 176 Å². The van der Waals surface area contributed by atoms with Gasteiger partial charge in [-0.05, 0) is 38.5 Å². The fourth-order valence-electron chi connectivity index (χ4n) is 3.72. The average molecular weight is 966 g/mol. The molecule has 0 aromatic rings. The van der Waals surface area contributed by atoms with E-state index in [1.807, 2.05) is 0 Å². The standard InChI is InChI=1S/3C12H24O4S.C4H9.Sn/c3*1-3-5-7-15-11(16-8-6-4-2)9-10(17)12(13)14;1-3-4-2;/h3*10-11,17H,3-9H2,1-2H3,(H,13,14);1,3-4H2,2H3;/q;;;;+3/p-3. The zero-order valence-corrected chi connectivity index (χ0v) is 41.2. The Balaban J connectivity index is -0.000000340. The second kappa shape index (κ2) is 49.4. The summed E-state index contributed by atoms with van der Waals surface area (Å²) >= 11 is 13.5. The van der Waals surface area contributed by atoms with Gasteiger partial charge in [0.25, 0.3) is 0 Å². The summed E-state index contributed by atoms with van der Waals surface area (Å²) in [6, 6.07) is 0. The van der Waals surface area contributed by atoms with Crippen molar-refractivity contribution in [3.8, 4) is 0 Å². The Bertz CT molecular complexity index is 719. The van der Waals surface area contributed by atoms with Crippen LogP contribution in [-0.4, -0.2) is 115 Å². The van der Waals surface area contributed by atoms with E-state index in [9.17, 15) is 29.7 Å². The number of aliphatic carboxylic acids is 3. The van der Waals surface area contributed by atoms with E-state index >= 15 is 0 Å². The molecule has 0 heterocycles. The molecule has 3 unspecified atom stereocenters. The number of carboxylic acids is 3. The summed E-state index contributed by atoms with van der Waals surface area (Å²) in [5.74, 6) is -3.55. The molecule has 0 saturated heterocycles. The first-order chi connectivity index (χ1) is 26.8. The number of carbonyl (C=O) groups is 3. The molecule has 0 aliphatic rings. The van der Waals surface area contributed by atoms with Crippen molar-refractivity contribution in [2.45, 2.75) is 197 Å². The third-order valence-electron chi connectivity index (χ3n) is 7.40. The van der Waals surface area contributed by atoms with Gasteiger partial charge in [-0.3, -0.25) is 0 Å². The van der Waals surface area contributed by atoms with Crippen LogP contribution in [0.15, 0.2) is 0 Å². The van der Waals surface area contributed by atoms with E-state index in [0.29, 0.717) is 39.6 Å². The Morgan fingerprint density at radius 1 is 0.411 bits per heavy atom. The zero-order valence-electron chi connectivity index (χ0n) is 35.7. The fourth-order valence-corrected chi connectivity index (χ4v) is 5.25. The zero-order chi connectivity index (χ0) is 43.4. The van der Waals surface area contributed by atoms with Gasteiger partial charge in [0.1, 0.15) is 0 Å². The maximum absolute atomic E-state index is 10.6. The molecule has 0 N–H and O–H groups in total. The average Bonchev–Trinajstić information content (AvgIpc) is 3.16. The molecule has 0 aliphatic carbocycles. The maximum atomic E-state index is 10.6. The third-order valence-corrected chi connectivity index (χ3v) is 9.68. The van der Waals surface area contributed by atoms with Gasteiger partial charge in [0, 0.05) is 74.7 Å². The van der Waals surface area contributed by atoms with Gasteiger partial charge in [-0.25, -0.2) is 0 Å². The van der Waals surface area contributed by atoms with Crippen molar-refractivity contribution in [2.24, 2.45) is 0 Å². The van der Waals surface area contributed by atoms with Crippen LogP contribution in [0.5, 0.6) is 0 Å². The summed E-state index contributed by atoms with van der Waals surface area (Å²) in [5, 5.41) is 29.3. The van der Waals surface area contributed by atoms with Gasteiger partial charge in [0.15, 0.2) is 18.9 Å². The number of hydrogen-bond acceptors (Lipinski definition) is 15. The van der Waals surface area contributed by atoms with Gasteiger partial charge in [0.05, 0.1) is 17.9 Å². The predicted octanol–water partition coefficient (Wildman–Crippen LogP) is 5.53. The molecule has 0 spiro atoms. The minimum absolute atomic E-state index is 0.221. The fraction of sp³-hybridized carbons (Fsp3) is 0.925. The molecule has 0 aliphatic heterocycles. The molecule has 0 aromatic heterocycles. The summed E-state index contributed by atoms with van der Waals surface area (Å²) in [4.78, 5) is 31.8. The minimum atomic E-state index is -1.18. The van der Waals surface area contributed by atoms with Crippen molar-refractivity contribution in [1.29, 1.82) is 0 Å². The Kier molecular flexibility index (Phi) is 55.3. The normalized spacial score (nSPS) is 12.6. The molecule has 0 fully saturated rings. The molecule has 0 bridgehead atoms. The Morgan fingerprint density at radius 2 is 0.589 bits per heavy atom. The van der Waals surface area contributed by atoms with Crippen LogP contribution >= 0.6 is 37.9 Å². The number of unbranched alkanes of at least 4 members (excludes halogenated alkanes) is 7. The number of hydrogen-bond donors (Lipinski definition) is 3. The molecule has 56 heavy (non-hydrogen) atoms. The van der Waals surface area contributed by atoms with Gasteiger partial charge in [-0.1, -0.05) is 80.1 Å². The van der Waals surface area contributed by atoms with Crippen LogP contribution in [0.2, 0.25) is 4.44 Å². The number of carboxylic acid groups (broad SMARTS) is 3. The van der Waals surface area contributed by atoms with Gasteiger partial charge in [-0.15, -0.1) is 0 Å². The van der Waals surface area contributed by atoms with E-state index in [-0.39, 0.29) is 19.3 Å². The number of thiol groups is 3. The predicted molar refractivity (Wildman–Crippen MR) is 229 cm³/mol. The van der Waals surface area contributed by atoms with Crippen LogP contribution in [-0.2, 0) is 42.8 Å². The summed E-state index contributed by atoms with van der Waals surface area (Å²) in [5.41, 5.74) is 0. The van der Waals surface area contributed by atoms with E-state index in [2.05, 4.69) is 86.4 Å². The van der Waals surface area contributed by atoms with Crippen LogP contribution in [0.4, 0.5) is 0 Å². The molecule has 0 rings (SSSR count). The second-order valence-electron chi connectivity index (χ2n) is 12.9. The monoisotopic (exact) mass is 966 g/mol. The molecule has 0 aromatic carbocycles. The van der Waals surface area contributed by atoms with Crippen molar-refractivity contribution in [2.75, 3.05) is 39.6 Å². The molecular formula is C40H78O12S3Sn. The first-order valence-electron chi connectivity index (χ1n) is 20.8. The first kappa shape index (κ1) is 62.7. The van der Waals surface area contributed by atoms with Crippen LogP contribution < -0.4 is 15.3 Å². The molecule has 16 heteroatoms. The van der Waals surface area contributed by atoms with Crippen LogP contribution in [0.1, 0.15) is 158 Å². The first-order valence-corrected chi connectivity index (χ1v) is 24.3. The van der Waals surface area contributed by atoms with E-state index < -0.39 is 52.5 Å². The molecule has 0 amide bonds. The van der Waals surface area contributed by atoms with Crippen LogP contribution in [0.3, 0.4) is 0 Å². The van der Waals surface area contributed by atoms with E-state index in [4.69, 9.17) is 28.4 Å². The number of ether oxygens (including phenoxy) is 6. The molecular weight excluding hydrogens is 887 g/mol. The Labute approximate surface area is 370 Å².